The zero-order chi connectivity index (χ0) is 22.8. The lowest BCUT2D eigenvalue weighted by Gasteiger charge is -2.06. The number of nitrogens with one attached hydrogen (secondary N) is 2. The van der Waals surface area contributed by atoms with Crippen molar-refractivity contribution in [2.75, 3.05) is 30.1 Å². The first-order chi connectivity index (χ1) is 15.6. The number of benzene rings is 2. The second-order valence-corrected chi connectivity index (χ2v) is 8.82. The summed E-state index contributed by atoms with van der Waals surface area (Å²) < 4.78 is 11.3. The normalized spacial score (nSPS) is 10.4. The molecule has 2 amide bonds. The van der Waals surface area contributed by atoms with Crippen molar-refractivity contribution in [1.29, 1.82) is 0 Å². The average molecular weight is 473 g/mol. The van der Waals surface area contributed by atoms with E-state index in [4.69, 9.17) is 9.47 Å². The van der Waals surface area contributed by atoms with Crippen LogP contribution in [0.4, 0.5) is 10.8 Å². The molecule has 8 nitrogen and oxygen atoms in total. The third-order valence-corrected chi connectivity index (χ3v) is 6.18. The number of hydrogen-bond acceptors (Lipinski definition) is 8. The molecule has 0 unspecified atom stereocenters. The van der Waals surface area contributed by atoms with E-state index < -0.39 is 0 Å². The number of rotatable bonds is 11. The number of anilines is 2. The van der Waals surface area contributed by atoms with Gasteiger partial charge in [-0.05, 0) is 55.0 Å². The van der Waals surface area contributed by atoms with Crippen LogP contribution in [0.3, 0.4) is 0 Å². The van der Waals surface area contributed by atoms with Crippen LogP contribution in [0.5, 0.6) is 11.5 Å². The van der Waals surface area contributed by atoms with E-state index in [2.05, 4.69) is 27.8 Å². The van der Waals surface area contributed by atoms with Gasteiger partial charge in [0, 0.05) is 11.3 Å². The third-order valence-electron chi connectivity index (χ3n) is 4.21. The van der Waals surface area contributed by atoms with Crippen molar-refractivity contribution in [3.63, 3.8) is 0 Å². The number of amides is 2. The number of carbonyl (C=O) groups excluding carboxylic acids is 2. The molecule has 0 spiro atoms. The Bertz CT molecular complexity index is 1020. The van der Waals surface area contributed by atoms with Crippen LogP contribution in [0.25, 0.3) is 0 Å². The minimum absolute atomic E-state index is 0.165. The van der Waals surface area contributed by atoms with Crippen LogP contribution in [-0.4, -0.2) is 41.5 Å². The van der Waals surface area contributed by atoms with Gasteiger partial charge in [-0.2, -0.15) is 0 Å². The zero-order valence-electron chi connectivity index (χ0n) is 17.8. The Morgan fingerprint density at radius 3 is 2.41 bits per heavy atom. The molecule has 2 N–H and O–H groups in total. The molecule has 0 atom stereocenters. The number of unbranched alkanes of at least 4 members (excludes halogenated alkanes) is 1. The van der Waals surface area contributed by atoms with Crippen molar-refractivity contribution in [2.24, 2.45) is 0 Å². The fourth-order valence-electron chi connectivity index (χ4n) is 2.52. The molecule has 0 saturated carbocycles. The first kappa shape index (κ1) is 23.6. The average Bonchev–Trinajstić information content (AvgIpc) is 3.26. The van der Waals surface area contributed by atoms with Crippen molar-refractivity contribution >= 4 is 45.7 Å². The largest absolute Gasteiger partial charge is 0.497 e. The Morgan fingerprint density at radius 1 is 1.00 bits per heavy atom. The Hall–Kier alpha value is -3.11. The maximum absolute atomic E-state index is 12.4. The van der Waals surface area contributed by atoms with Gasteiger partial charge in [0.05, 0.1) is 19.5 Å². The highest BCUT2D eigenvalue weighted by molar-refractivity contribution is 8.01. The maximum Gasteiger partial charge on any atom is 0.257 e. The number of ether oxygens (including phenoxy) is 2. The van der Waals surface area contributed by atoms with Gasteiger partial charge in [0.2, 0.25) is 11.0 Å². The predicted octanol–water partition coefficient (Wildman–Crippen LogP) is 4.71. The zero-order valence-corrected chi connectivity index (χ0v) is 19.4. The van der Waals surface area contributed by atoms with E-state index in [9.17, 15) is 9.59 Å². The lowest BCUT2D eigenvalue weighted by molar-refractivity contribution is -0.113. The topological polar surface area (TPSA) is 102 Å². The van der Waals surface area contributed by atoms with Crippen molar-refractivity contribution in [2.45, 2.75) is 24.1 Å². The van der Waals surface area contributed by atoms with E-state index in [-0.39, 0.29) is 17.6 Å². The molecule has 0 saturated heterocycles. The molecular weight excluding hydrogens is 448 g/mol. The molecule has 3 rings (SSSR count). The van der Waals surface area contributed by atoms with Gasteiger partial charge in [-0.15, -0.1) is 10.2 Å². The Labute approximate surface area is 194 Å². The molecule has 0 aliphatic carbocycles. The predicted molar refractivity (Wildman–Crippen MR) is 127 cm³/mol. The molecule has 168 valence electrons. The van der Waals surface area contributed by atoms with Crippen LogP contribution >= 0.6 is 23.1 Å². The van der Waals surface area contributed by atoms with Crippen LogP contribution in [0, 0.1) is 0 Å². The highest BCUT2D eigenvalue weighted by Gasteiger charge is 2.12. The number of thioether (sulfide) groups is 1. The van der Waals surface area contributed by atoms with Crippen LogP contribution in [0.15, 0.2) is 52.9 Å². The summed E-state index contributed by atoms with van der Waals surface area (Å²) in [6.07, 6.45) is 2.05. The van der Waals surface area contributed by atoms with Crippen LogP contribution in [0.1, 0.15) is 30.1 Å². The summed E-state index contributed by atoms with van der Waals surface area (Å²) in [6.45, 7) is 2.76. The lowest BCUT2D eigenvalue weighted by Crippen LogP contribution is -2.13. The molecule has 3 aromatic rings. The van der Waals surface area contributed by atoms with E-state index in [1.807, 2.05) is 0 Å². The minimum atomic E-state index is -0.282. The molecule has 2 aromatic carbocycles. The fourth-order valence-corrected chi connectivity index (χ4v) is 4.07. The number of methoxy groups -OCH3 is 1. The molecule has 1 aromatic heterocycles. The number of nitrogens with zero attached hydrogens (tertiary/aromatic N) is 2. The minimum Gasteiger partial charge on any atom is -0.497 e. The van der Waals surface area contributed by atoms with Gasteiger partial charge in [-0.1, -0.05) is 36.4 Å². The van der Waals surface area contributed by atoms with Crippen molar-refractivity contribution in [3.05, 3.63) is 54.1 Å². The van der Waals surface area contributed by atoms with Gasteiger partial charge >= 0.3 is 0 Å². The molecule has 0 fully saturated rings. The molecular formula is C22H24N4O4S2. The molecule has 0 radical (unpaired) electrons. The highest BCUT2D eigenvalue weighted by atomic mass is 32.2. The summed E-state index contributed by atoms with van der Waals surface area (Å²) in [5, 5.41) is 13.9. The van der Waals surface area contributed by atoms with Gasteiger partial charge in [0.25, 0.3) is 5.91 Å². The van der Waals surface area contributed by atoms with E-state index >= 15 is 0 Å². The van der Waals surface area contributed by atoms with Gasteiger partial charge < -0.3 is 14.8 Å². The van der Waals surface area contributed by atoms with Crippen molar-refractivity contribution in [1.82, 2.24) is 10.2 Å². The summed E-state index contributed by atoms with van der Waals surface area (Å²) >= 11 is 2.46. The summed E-state index contributed by atoms with van der Waals surface area (Å²) in [4.78, 5) is 24.6. The van der Waals surface area contributed by atoms with Crippen LogP contribution in [-0.2, 0) is 4.79 Å². The first-order valence-corrected chi connectivity index (χ1v) is 11.8. The summed E-state index contributed by atoms with van der Waals surface area (Å²) in [5.41, 5.74) is 1.18. The number of carbonyl (C=O) groups is 2. The number of hydrogen-bond donors (Lipinski definition) is 2. The summed E-state index contributed by atoms with van der Waals surface area (Å²) in [6, 6.07) is 14.0. The standard InChI is InChI=1S/C22H24N4O4S2/c1-3-4-13-30-18-9-5-15(6-10-18)20(28)24-21-25-26-22(32-21)31-14-19(27)23-16-7-11-17(29-2)12-8-16/h5-12H,3-4,13-14H2,1-2H3,(H,23,27)(H,24,25,28). The SMILES string of the molecule is CCCCOc1ccc(C(=O)Nc2nnc(SCC(=O)Nc3ccc(OC)cc3)s2)cc1. The van der Waals surface area contributed by atoms with Crippen molar-refractivity contribution in [3.8, 4) is 11.5 Å². The van der Waals surface area contributed by atoms with Crippen molar-refractivity contribution < 1.29 is 19.1 Å². The Morgan fingerprint density at radius 2 is 1.72 bits per heavy atom. The van der Waals surface area contributed by atoms with Gasteiger partial charge in [-0.25, -0.2) is 0 Å². The maximum atomic E-state index is 12.4. The lowest BCUT2D eigenvalue weighted by atomic mass is 10.2. The molecule has 1 heterocycles. The summed E-state index contributed by atoms with van der Waals surface area (Å²) in [7, 11) is 1.59. The second kappa shape index (κ2) is 12.1. The molecule has 10 heteroatoms. The monoisotopic (exact) mass is 472 g/mol. The number of aromatic nitrogens is 2. The smallest absolute Gasteiger partial charge is 0.257 e. The molecule has 32 heavy (non-hydrogen) atoms. The van der Waals surface area contributed by atoms with E-state index in [0.717, 1.165) is 24.3 Å². The van der Waals surface area contributed by atoms with E-state index in [1.54, 1.807) is 55.6 Å². The van der Waals surface area contributed by atoms with Crippen LogP contribution in [0.2, 0.25) is 0 Å². The van der Waals surface area contributed by atoms with E-state index in [0.29, 0.717) is 27.3 Å². The fraction of sp³-hybridized carbons (Fsp3) is 0.273. The van der Waals surface area contributed by atoms with Crippen LogP contribution < -0.4 is 20.1 Å². The van der Waals surface area contributed by atoms with Gasteiger partial charge in [0.1, 0.15) is 11.5 Å². The quantitative estimate of drug-likeness (QED) is 0.237. The first-order valence-electron chi connectivity index (χ1n) is 10.0. The van der Waals surface area contributed by atoms with E-state index in [1.165, 1.54) is 23.1 Å². The van der Waals surface area contributed by atoms with Gasteiger partial charge in [0.15, 0.2) is 4.34 Å². The second-order valence-electron chi connectivity index (χ2n) is 6.62. The molecule has 0 bridgehead atoms. The summed E-state index contributed by atoms with van der Waals surface area (Å²) in [5.74, 6) is 1.18. The molecule has 0 aliphatic heterocycles. The third kappa shape index (κ3) is 7.24. The Balaban J connectivity index is 1.45. The molecule has 0 aliphatic rings. The Kier molecular flexibility index (Phi) is 8.88. The highest BCUT2D eigenvalue weighted by Crippen LogP contribution is 2.26. The van der Waals surface area contributed by atoms with Gasteiger partial charge in [-0.3, -0.25) is 14.9 Å².